The highest BCUT2D eigenvalue weighted by Crippen LogP contribution is 2.43. The number of likely N-dealkylation sites (tertiary alicyclic amines) is 1. The summed E-state index contributed by atoms with van der Waals surface area (Å²) in [5, 5.41) is 4.65. The van der Waals surface area contributed by atoms with Crippen molar-refractivity contribution in [1.82, 2.24) is 19.5 Å². The van der Waals surface area contributed by atoms with Crippen LogP contribution in [0.15, 0.2) is 67.0 Å². The molecule has 3 aliphatic rings. The van der Waals surface area contributed by atoms with Crippen LogP contribution >= 0.6 is 0 Å². The first-order valence-electron chi connectivity index (χ1n) is 13.9. The monoisotopic (exact) mass is 503 g/mol. The Morgan fingerprint density at radius 2 is 1.63 bits per heavy atom. The normalized spacial score (nSPS) is 22.5. The van der Waals surface area contributed by atoms with Crippen LogP contribution in [-0.2, 0) is 0 Å². The quantitative estimate of drug-likeness (QED) is 0.324. The predicted octanol–water partition coefficient (Wildman–Crippen LogP) is 6.29. The van der Waals surface area contributed by atoms with Crippen LogP contribution in [0.5, 0.6) is 11.5 Å². The van der Waals surface area contributed by atoms with E-state index in [-0.39, 0.29) is 0 Å². The highest BCUT2D eigenvalue weighted by atomic mass is 16.5. The molecule has 6 nitrogen and oxygen atoms in total. The molecule has 3 heterocycles. The highest BCUT2D eigenvalue weighted by Gasteiger charge is 2.38. The molecule has 2 aliphatic carbocycles. The predicted molar refractivity (Wildman–Crippen MR) is 150 cm³/mol. The van der Waals surface area contributed by atoms with Crippen LogP contribution in [-0.4, -0.2) is 38.6 Å². The number of anilines is 1. The second-order valence-electron chi connectivity index (χ2n) is 11.1. The summed E-state index contributed by atoms with van der Waals surface area (Å²) in [7, 11) is 0. The van der Waals surface area contributed by atoms with Crippen molar-refractivity contribution < 1.29 is 4.74 Å². The molecule has 38 heavy (non-hydrogen) atoms. The van der Waals surface area contributed by atoms with Crippen LogP contribution in [0.4, 0.5) is 5.82 Å². The third-order valence-corrected chi connectivity index (χ3v) is 8.92. The molecule has 4 aromatic rings. The first-order chi connectivity index (χ1) is 18.7. The Balaban J connectivity index is 1.10. The van der Waals surface area contributed by atoms with E-state index < -0.39 is 0 Å². The van der Waals surface area contributed by atoms with Crippen LogP contribution in [0.3, 0.4) is 0 Å². The van der Waals surface area contributed by atoms with Gasteiger partial charge in [-0.25, -0.2) is 9.50 Å². The number of hydrogen-bond acceptors (Lipinski definition) is 5. The molecule has 2 fully saturated rings. The van der Waals surface area contributed by atoms with Gasteiger partial charge < -0.3 is 15.4 Å². The van der Waals surface area contributed by atoms with Crippen LogP contribution in [0, 0.1) is 17.3 Å². The van der Waals surface area contributed by atoms with Crippen LogP contribution in [0.1, 0.15) is 56.6 Å². The van der Waals surface area contributed by atoms with Crippen molar-refractivity contribution in [2.45, 2.75) is 56.9 Å². The van der Waals surface area contributed by atoms with Gasteiger partial charge in [-0.05, 0) is 87.5 Å². The van der Waals surface area contributed by atoms with E-state index in [1.165, 1.54) is 57.3 Å². The van der Waals surface area contributed by atoms with Crippen LogP contribution in [0.2, 0.25) is 0 Å². The minimum Gasteiger partial charge on any atom is -0.457 e. The van der Waals surface area contributed by atoms with Gasteiger partial charge in [0.15, 0.2) is 5.82 Å². The molecule has 6 heteroatoms. The molecule has 1 aliphatic heterocycles. The molecule has 2 aromatic heterocycles. The summed E-state index contributed by atoms with van der Waals surface area (Å²) in [4.78, 5) is 7.07. The third-order valence-electron chi connectivity index (χ3n) is 8.92. The van der Waals surface area contributed by atoms with Gasteiger partial charge in [0, 0.05) is 35.1 Å². The van der Waals surface area contributed by atoms with Gasteiger partial charge in [-0.2, -0.15) is 5.10 Å². The second-order valence-corrected chi connectivity index (χ2v) is 11.1. The van der Waals surface area contributed by atoms with E-state index in [4.69, 9.17) is 10.5 Å². The molecule has 1 saturated heterocycles. The van der Waals surface area contributed by atoms with E-state index in [1.54, 1.807) is 6.33 Å². The molecule has 2 N–H and O–H groups in total. The summed E-state index contributed by atoms with van der Waals surface area (Å²) >= 11 is 0. The van der Waals surface area contributed by atoms with Gasteiger partial charge in [0.1, 0.15) is 23.3 Å². The summed E-state index contributed by atoms with van der Waals surface area (Å²) in [5.41, 5.74) is 11.1. The Labute approximate surface area is 223 Å². The lowest BCUT2D eigenvalue weighted by Crippen LogP contribution is -2.47. The van der Waals surface area contributed by atoms with Crippen molar-refractivity contribution >= 4 is 11.3 Å². The Hall–Kier alpha value is -3.82. The Morgan fingerprint density at radius 1 is 0.921 bits per heavy atom. The van der Waals surface area contributed by atoms with Crippen LogP contribution in [0.25, 0.3) is 16.6 Å². The minimum atomic E-state index is 0.362. The van der Waals surface area contributed by atoms with E-state index >= 15 is 0 Å². The van der Waals surface area contributed by atoms with E-state index in [9.17, 15) is 0 Å². The number of nitrogens with zero attached hydrogens (tertiary/aromatic N) is 4. The van der Waals surface area contributed by atoms with Crippen molar-refractivity contribution in [3.63, 3.8) is 0 Å². The molecule has 0 atom stereocenters. The lowest BCUT2D eigenvalue weighted by molar-refractivity contribution is 0.0789. The number of aromatic nitrogens is 3. The Kier molecular flexibility index (Phi) is 5.82. The topological polar surface area (TPSA) is 68.7 Å². The molecule has 1 saturated carbocycles. The first kappa shape index (κ1) is 23.3. The van der Waals surface area contributed by atoms with Crippen molar-refractivity contribution in [2.24, 2.45) is 5.41 Å². The molecular formula is C32H33N5O. The maximum Gasteiger partial charge on any atom is 0.151 e. The van der Waals surface area contributed by atoms with E-state index in [0.29, 0.717) is 23.2 Å². The van der Waals surface area contributed by atoms with Crippen molar-refractivity contribution in [1.29, 1.82) is 0 Å². The molecule has 2 aromatic carbocycles. The largest absolute Gasteiger partial charge is 0.457 e. The number of nitrogens with two attached hydrogens (primary N) is 1. The maximum absolute atomic E-state index is 6.41. The lowest BCUT2D eigenvalue weighted by Gasteiger charge is -2.45. The molecule has 1 spiro atoms. The van der Waals surface area contributed by atoms with Gasteiger partial charge in [0.25, 0.3) is 0 Å². The first-order valence-corrected chi connectivity index (χ1v) is 13.9. The molecule has 192 valence electrons. The average Bonchev–Trinajstić information content (AvgIpc) is 3.34. The minimum absolute atomic E-state index is 0.362. The SMILES string of the molecule is Nc1ncnn2c(C3CCC(N4CCC5(C#CC5)CC4)CC3)cc(-c3ccc(Oc4ccccc4)cc3)c12. The molecule has 7 rings (SSSR count). The van der Waals surface area contributed by atoms with Crippen molar-refractivity contribution in [3.8, 4) is 34.5 Å². The number of ether oxygens (including phenoxy) is 1. The molecule has 0 radical (unpaired) electrons. The number of para-hydroxylation sites is 1. The fourth-order valence-electron chi connectivity index (χ4n) is 6.62. The van der Waals surface area contributed by atoms with Crippen LogP contribution < -0.4 is 10.5 Å². The maximum atomic E-state index is 6.41. The van der Waals surface area contributed by atoms with Gasteiger partial charge in [-0.15, -0.1) is 5.92 Å². The zero-order valence-electron chi connectivity index (χ0n) is 21.6. The lowest BCUT2D eigenvalue weighted by atomic mass is 9.71. The number of rotatable bonds is 5. The smallest absolute Gasteiger partial charge is 0.151 e. The van der Waals surface area contributed by atoms with E-state index in [0.717, 1.165) is 34.6 Å². The summed E-state index contributed by atoms with van der Waals surface area (Å²) in [6, 6.07) is 21.0. The van der Waals surface area contributed by atoms with Gasteiger partial charge >= 0.3 is 0 Å². The van der Waals surface area contributed by atoms with Gasteiger partial charge in [-0.3, -0.25) is 0 Å². The van der Waals surface area contributed by atoms with Gasteiger partial charge in [-0.1, -0.05) is 36.3 Å². The summed E-state index contributed by atoms with van der Waals surface area (Å²) in [5.74, 6) is 9.31. The molecule has 0 amide bonds. The van der Waals surface area contributed by atoms with E-state index in [2.05, 4.69) is 45.0 Å². The number of benzene rings is 2. The van der Waals surface area contributed by atoms with Crippen molar-refractivity contribution in [3.05, 3.63) is 72.7 Å². The second kappa shape index (κ2) is 9.49. The average molecular weight is 504 g/mol. The summed E-state index contributed by atoms with van der Waals surface area (Å²) in [6.07, 6.45) is 10.00. The third kappa shape index (κ3) is 4.21. The molecular weight excluding hydrogens is 470 g/mol. The molecule has 0 bridgehead atoms. The summed E-state index contributed by atoms with van der Waals surface area (Å²) in [6.45, 7) is 2.41. The Bertz CT molecular complexity index is 1500. The van der Waals surface area contributed by atoms with E-state index in [1.807, 2.05) is 47.0 Å². The number of nitrogen functional groups attached to an aromatic ring is 1. The zero-order chi connectivity index (χ0) is 25.5. The van der Waals surface area contributed by atoms with Crippen molar-refractivity contribution in [2.75, 3.05) is 18.8 Å². The van der Waals surface area contributed by atoms with Gasteiger partial charge in [0.2, 0.25) is 0 Å². The number of hydrogen-bond donors (Lipinski definition) is 1. The standard InChI is InChI=1S/C32H33N5O/c33-31-30-28(23-9-13-27(14-10-23)38-26-5-2-1-3-6-26)21-29(37(30)35-22-34-31)24-7-11-25(12-8-24)36-19-17-32(18-20-36)15-4-16-32/h1-3,5-6,9-10,13-14,21-22,24-25H,7-8,11-12,15,17-20H2,(H2,33,34,35). The number of piperidine rings is 1. The number of fused-ring (bicyclic) bond motifs is 1. The Morgan fingerprint density at radius 3 is 2.32 bits per heavy atom. The fourth-order valence-corrected chi connectivity index (χ4v) is 6.62. The van der Waals surface area contributed by atoms with Gasteiger partial charge in [0.05, 0.1) is 0 Å². The summed E-state index contributed by atoms with van der Waals surface area (Å²) < 4.78 is 8.04. The fraction of sp³-hybridized carbons (Fsp3) is 0.375. The molecule has 0 unspecified atom stereocenters. The zero-order valence-corrected chi connectivity index (χ0v) is 21.6. The highest BCUT2D eigenvalue weighted by molar-refractivity contribution is 5.88.